The second kappa shape index (κ2) is 6.08. The zero-order valence-electron chi connectivity index (χ0n) is 11.2. The number of nitrogens with zero attached hydrogens (tertiary/aromatic N) is 2. The number of hydrogen-bond donors (Lipinski definition) is 1. The highest BCUT2D eigenvalue weighted by atomic mass is 15.2. The van der Waals surface area contributed by atoms with E-state index in [1.54, 1.807) is 0 Å². The minimum Gasteiger partial charge on any atom is -0.353 e. The summed E-state index contributed by atoms with van der Waals surface area (Å²) in [4.78, 5) is 4.46. The Kier molecular flexibility index (Phi) is 4.46. The van der Waals surface area contributed by atoms with E-state index in [0.29, 0.717) is 12.1 Å². The van der Waals surface area contributed by atoms with Gasteiger partial charge in [0.05, 0.1) is 0 Å². The fourth-order valence-corrected chi connectivity index (χ4v) is 2.67. The number of aromatic nitrogens is 2. The van der Waals surface area contributed by atoms with Crippen LogP contribution < -0.4 is 5.32 Å². The second-order valence-electron chi connectivity index (χ2n) is 5.28. The molecule has 1 aromatic heterocycles. The highest BCUT2D eigenvalue weighted by molar-refractivity contribution is 5.28. The molecule has 0 aromatic carbocycles. The van der Waals surface area contributed by atoms with Crippen LogP contribution in [0.2, 0.25) is 0 Å². The summed E-state index contributed by atoms with van der Waals surface area (Å²) in [5.41, 5.74) is 0. The highest BCUT2D eigenvalue weighted by Gasteiger charge is 2.17. The summed E-state index contributed by atoms with van der Waals surface area (Å²) in [5, 5.41) is 3.60. The molecular formula is C14H25N3. The van der Waals surface area contributed by atoms with Crippen molar-refractivity contribution in [2.45, 2.75) is 70.9 Å². The first-order valence-corrected chi connectivity index (χ1v) is 7.10. The third-order valence-corrected chi connectivity index (χ3v) is 3.81. The van der Waals surface area contributed by atoms with E-state index in [1.165, 1.54) is 44.9 Å². The molecule has 1 aliphatic rings. The molecule has 0 aliphatic heterocycles. The minimum atomic E-state index is 0.557. The van der Waals surface area contributed by atoms with E-state index in [2.05, 4.69) is 34.9 Å². The summed E-state index contributed by atoms with van der Waals surface area (Å²) >= 11 is 0. The average Bonchev–Trinajstić information content (AvgIpc) is 2.97. The fourth-order valence-electron chi connectivity index (χ4n) is 2.67. The highest BCUT2D eigenvalue weighted by Crippen LogP contribution is 2.24. The van der Waals surface area contributed by atoms with E-state index in [-0.39, 0.29) is 0 Å². The van der Waals surface area contributed by atoms with Gasteiger partial charge in [-0.05, 0) is 26.2 Å². The van der Waals surface area contributed by atoms with Crippen molar-refractivity contribution in [1.29, 1.82) is 0 Å². The predicted octanol–water partition coefficient (Wildman–Crippen LogP) is 3.99. The normalized spacial score (nSPS) is 18.5. The van der Waals surface area contributed by atoms with Crippen molar-refractivity contribution < 1.29 is 0 Å². The van der Waals surface area contributed by atoms with Crippen molar-refractivity contribution in [2.24, 2.45) is 0 Å². The van der Waals surface area contributed by atoms with E-state index in [4.69, 9.17) is 0 Å². The third kappa shape index (κ3) is 3.24. The maximum atomic E-state index is 4.46. The lowest BCUT2D eigenvalue weighted by Crippen LogP contribution is -2.19. The van der Waals surface area contributed by atoms with Gasteiger partial charge in [-0.25, -0.2) is 4.98 Å². The average molecular weight is 235 g/mol. The Labute approximate surface area is 105 Å². The zero-order valence-corrected chi connectivity index (χ0v) is 11.2. The van der Waals surface area contributed by atoms with Gasteiger partial charge in [-0.3, -0.25) is 0 Å². The van der Waals surface area contributed by atoms with Crippen LogP contribution in [0, 0.1) is 0 Å². The van der Waals surface area contributed by atoms with Crippen LogP contribution in [0.1, 0.15) is 64.8 Å². The molecule has 1 heterocycles. The Morgan fingerprint density at radius 2 is 2.24 bits per heavy atom. The number of hydrogen-bond acceptors (Lipinski definition) is 2. The van der Waals surface area contributed by atoms with E-state index >= 15 is 0 Å². The van der Waals surface area contributed by atoms with E-state index < -0.39 is 0 Å². The molecular weight excluding hydrogens is 210 g/mol. The first-order chi connectivity index (χ1) is 8.31. The monoisotopic (exact) mass is 235 g/mol. The van der Waals surface area contributed by atoms with Crippen molar-refractivity contribution in [1.82, 2.24) is 9.55 Å². The van der Waals surface area contributed by atoms with Crippen LogP contribution in [0.4, 0.5) is 5.95 Å². The van der Waals surface area contributed by atoms with Crippen molar-refractivity contribution in [3.05, 3.63) is 12.4 Å². The van der Waals surface area contributed by atoms with Gasteiger partial charge in [-0.2, -0.15) is 0 Å². The number of nitrogens with one attached hydrogen (secondary N) is 1. The summed E-state index contributed by atoms with van der Waals surface area (Å²) in [7, 11) is 0. The maximum absolute atomic E-state index is 4.46. The first-order valence-electron chi connectivity index (χ1n) is 7.10. The first kappa shape index (κ1) is 12.5. The van der Waals surface area contributed by atoms with Crippen molar-refractivity contribution in [2.75, 3.05) is 5.32 Å². The lowest BCUT2D eigenvalue weighted by atomic mass is 10.1. The number of imidazole rings is 1. The number of unbranched alkanes of at least 4 members (excludes halogenated alkanes) is 1. The molecule has 96 valence electrons. The summed E-state index contributed by atoms with van der Waals surface area (Å²) in [5.74, 6) is 1.07. The molecule has 1 aliphatic carbocycles. The lowest BCUT2D eigenvalue weighted by Gasteiger charge is -2.19. The molecule has 0 bridgehead atoms. The van der Waals surface area contributed by atoms with Gasteiger partial charge in [0.2, 0.25) is 5.95 Å². The van der Waals surface area contributed by atoms with Crippen LogP contribution in [0.3, 0.4) is 0 Å². The van der Waals surface area contributed by atoms with Crippen LogP contribution in [-0.2, 0) is 0 Å². The zero-order chi connectivity index (χ0) is 12.1. The van der Waals surface area contributed by atoms with Crippen molar-refractivity contribution >= 4 is 5.95 Å². The Balaban J connectivity index is 1.95. The van der Waals surface area contributed by atoms with Crippen LogP contribution >= 0.6 is 0 Å². The Morgan fingerprint density at radius 1 is 1.47 bits per heavy atom. The standard InChI is InChI=1S/C14H25N3/c1-3-4-7-12(2)17-11-10-15-14(17)16-13-8-5-6-9-13/h10-13H,3-9H2,1-2H3,(H,15,16). The molecule has 0 saturated heterocycles. The molecule has 0 amide bonds. The van der Waals surface area contributed by atoms with Gasteiger partial charge in [0.1, 0.15) is 0 Å². The largest absolute Gasteiger partial charge is 0.353 e. The molecule has 1 N–H and O–H groups in total. The Hall–Kier alpha value is -0.990. The summed E-state index contributed by atoms with van der Waals surface area (Å²) in [6.07, 6.45) is 13.2. The molecule has 1 saturated carbocycles. The molecule has 1 aromatic rings. The fraction of sp³-hybridized carbons (Fsp3) is 0.786. The van der Waals surface area contributed by atoms with Gasteiger partial charge in [0, 0.05) is 24.5 Å². The minimum absolute atomic E-state index is 0.557. The number of rotatable bonds is 6. The SMILES string of the molecule is CCCCC(C)n1ccnc1NC1CCCC1. The predicted molar refractivity (Wildman–Crippen MR) is 72.3 cm³/mol. The van der Waals surface area contributed by atoms with Crippen molar-refractivity contribution in [3.8, 4) is 0 Å². The lowest BCUT2D eigenvalue weighted by molar-refractivity contribution is 0.487. The molecule has 3 heteroatoms. The van der Waals surface area contributed by atoms with Gasteiger partial charge < -0.3 is 9.88 Å². The van der Waals surface area contributed by atoms with E-state index in [9.17, 15) is 0 Å². The van der Waals surface area contributed by atoms with Gasteiger partial charge in [0.25, 0.3) is 0 Å². The van der Waals surface area contributed by atoms with Crippen LogP contribution in [0.25, 0.3) is 0 Å². The Morgan fingerprint density at radius 3 is 2.94 bits per heavy atom. The number of anilines is 1. The summed E-state index contributed by atoms with van der Waals surface area (Å²) in [6, 6.07) is 1.20. The molecule has 2 rings (SSSR count). The summed E-state index contributed by atoms with van der Waals surface area (Å²) < 4.78 is 2.30. The van der Waals surface area contributed by atoms with Crippen LogP contribution in [0.5, 0.6) is 0 Å². The second-order valence-corrected chi connectivity index (χ2v) is 5.28. The van der Waals surface area contributed by atoms with E-state index in [1.807, 2.05) is 6.20 Å². The molecule has 1 atom stereocenters. The topological polar surface area (TPSA) is 29.9 Å². The molecule has 1 fully saturated rings. The third-order valence-electron chi connectivity index (χ3n) is 3.81. The molecule has 1 unspecified atom stereocenters. The molecule has 3 nitrogen and oxygen atoms in total. The van der Waals surface area contributed by atoms with Gasteiger partial charge in [0.15, 0.2) is 0 Å². The summed E-state index contributed by atoms with van der Waals surface area (Å²) in [6.45, 7) is 4.54. The quantitative estimate of drug-likeness (QED) is 0.808. The smallest absolute Gasteiger partial charge is 0.203 e. The molecule has 17 heavy (non-hydrogen) atoms. The molecule has 0 radical (unpaired) electrons. The van der Waals surface area contributed by atoms with Gasteiger partial charge in [-0.15, -0.1) is 0 Å². The maximum Gasteiger partial charge on any atom is 0.203 e. The van der Waals surface area contributed by atoms with Crippen LogP contribution in [-0.4, -0.2) is 15.6 Å². The van der Waals surface area contributed by atoms with Gasteiger partial charge >= 0.3 is 0 Å². The molecule has 0 spiro atoms. The van der Waals surface area contributed by atoms with Crippen molar-refractivity contribution in [3.63, 3.8) is 0 Å². The van der Waals surface area contributed by atoms with Crippen LogP contribution in [0.15, 0.2) is 12.4 Å². The van der Waals surface area contributed by atoms with Gasteiger partial charge in [-0.1, -0.05) is 32.6 Å². The Bertz CT molecular complexity index is 326. The van der Waals surface area contributed by atoms with E-state index in [0.717, 1.165) is 5.95 Å².